The highest BCUT2D eigenvalue weighted by atomic mass is 32.1. The highest BCUT2D eigenvalue weighted by Crippen LogP contribution is 2.33. The number of hydrogen-bond acceptors (Lipinski definition) is 5. The van der Waals surface area contributed by atoms with Gasteiger partial charge in [-0.25, -0.2) is 0 Å². The Morgan fingerprint density at radius 2 is 1.84 bits per heavy atom. The first-order chi connectivity index (χ1) is 15.7. The summed E-state index contributed by atoms with van der Waals surface area (Å²) in [6.07, 6.45) is 9.46. The van der Waals surface area contributed by atoms with Gasteiger partial charge >= 0.3 is 0 Å². The second-order valence-electron chi connectivity index (χ2n) is 9.68. The first-order valence-electron chi connectivity index (χ1n) is 12.1. The Balaban J connectivity index is 1.04. The summed E-state index contributed by atoms with van der Waals surface area (Å²) in [5.74, 6) is 3.05. The molecule has 3 unspecified atom stereocenters. The molecule has 0 aromatic heterocycles. The van der Waals surface area contributed by atoms with E-state index in [-0.39, 0.29) is 24.8 Å². The smallest absolute Gasteiger partial charge is 0.231 e. The fourth-order valence-corrected chi connectivity index (χ4v) is 5.98. The van der Waals surface area contributed by atoms with Crippen molar-refractivity contribution in [1.29, 1.82) is 0 Å². The minimum atomic E-state index is 0.118. The Kier molecular flexibility index (Phi) is 6.69. The zero-order chi connectivity index (χ0) is 21.9. The molecule has 2 heterocycles. The molecule has 8 heteroatoms. The molecule has 4 aliphatic rings. The van der Waals surface area contributed by atoms with E-state index in [9.17, 15) is 4.79 Å². The van der Waals surface area contributed by atoms with Crippen molar-refractivity contribution < 1.29 is 14.3 Å². The molecule has 1 saturated heterocycles. The van der Waals surface area contributed by atoms with Crippen LogP contribution < -0.4 is 30.7 Å². The summed E-state index contributed by atoms with van der Waals surface area (Å²) in [7, 11) is 0. The Bertz CT molecular complexity index is 843. The maximum Gasteiger partial charge on any atom is 0.231 e. The van der Waals surface area contributed by atoms with E-state index in [1.807, 2.05) is 18.2 Å². The summed E-state index contributed by atoms with van der Waals surface area (Å²) in [4.78, 5) is 12.7. The molecular formula is C24H34N4O3S. The van der Waals surface area contributed by atoms with Crippen molar-refractivity contribution in [3.63, 3.8) is 0 Å². The molecule has 2 aliphatic carbocycles. The monoisotopic (exact) mass is 458 g/mol. The molecule has 32 heavy (non-hydrogen) atoms. The molecule has 0 bridgehead atoms. The van der Waals surface area contributed by atoms with Crippen molar-refractivity contribution in [2.24, 2.45) is 17.8 Å². The van der Waals surface area contributed by atoms with E-state index in [1.165, 1.54) is 25.7 Å². The van der Waals surface area contributed by atoms with Gasteiger partial charge in [-0.2, -0.15) is 0 Å². The zero-order valence-corrected chi connectivity index (χ0v) is 19.3. The van der Waals surface area contributed by atoms with E-state index < -0.39 is 0 Å². The van der Waals surface area contributed by atoms with Gasteiger partial charge in [-0.05, 0) is 80.9 Å². The van der Waals surface area contributed by atoms with E-state index in [2.05, 4.69) is 21.3 Å². The summed E-state index contributed by atoms with van der Waals surface area (Å²) in [5.41, 5.74) is 1.04. The predicted molar refractivity (Wildman–Crippen MR) is 126 cm³/mol. The van der Waals surface area contributed by atoms with Crippen LogP contribution >= 0.6 is 12.2 Å². The number of carbonyl (C=O) groups excluding carboxylic acids is 1. The number of rotatable bonds is 6. The van der Waals surface area contributed by atoms with Crippen molar-refractivity contribution in [3.8, 4) is 11.5 Å². The molecule has 0 radical (unpaired) electrons. The number of carbonyl (C=O) groups is 1. The second kappa shape index (κ2) is 9.83. The Hall–Kier alpha value is -2.06. The van der Waals surface area contributed by atoms with Crippen molar-refractivity contribution >= 4 is 23.2 Å². The summed E-state index contributed by atoms with van der Waals surface area (Å²) >= 11 is 5.43. The highest BCUT2D eigenvalue weighted by Gasteiger charge is 2.36. The first kappa shape index (κ1) is 21.8. The molecule has 2 saturated carbocycles. The van der Waals surface area contributed by atoms with Crippen molar-refractivity contribution in [2.75, 3.05) is 13.3 Å². The van der Waals surface area contributed by atoms with Gasteiger partial charge in [-0.3, -0.25) is 10.1 Å². The fourth-order valence-electron chi connectivity index (χ4n) is 5.71. The molecule has 2 aliphatic heterocycles. The number of hydrogen-bond donors (Lipinski definition) is 4. The number of benzene rings is 1. The van der Waals surface area contributed by atoms with Crippen LogP contribution in [0.3, 0.4) is 0 Å². The fraction of sp³-hybridized carbons (Fsp3) is 0.667. The Morgan fingerprint density at radius 3 is 2.72 bits per heavy atom. The number of amides is 1. The molecule has 3 fully saturated rings. The quantitative estimate of drug-likeness (QED) is 0.488. The summed E-state index contributed by atoms with van der Waals surface area (Å²) in [6.45, 7) is 1.79. The van der Waals surface area contributed by atoms with Gasteiger partial charge in [0, 0.05) is 24.4 Å². The first-order valence-corrected chi connectivity index (χ1v) is 12.5. The highest BCUT2D eigenvalue weighted by molar-refractivity contribution is 7.80. The van der Waals surface area contributed by atoms with Gasteiger partial charge in [0.1, 0.15) is 0 Å². The molecule has 5 rings (SSSR count). The average molecular weight is 459 g/mol. The lowest BCUT2D eigenvalue weighted by molar-refractivity contribution is -0.126. The molecule has 174 valence electrons. The van der Waals surface area contributed by atoms with Gasteiger partial charge < -0.3 is 25.4 Å². The lowest BCUT2D eigenvalue weighted by Gasteiger charge is -2.44. The molecule has 3 atom stereocenters. The van der Waals surface area contributed by atoms with Gasteiger partial charge in [0.05, 0.1) is 6.17 Å². The van der Waals surface area contributed by atoms with Crippen LogP contribution in [0.15, 0.2) is 18.2 Å². The molecule has 1 amide bonds. The van der Waals surface area contributed by atoms with Gasteiger partial charge in [-0.1, -0.05) is 18.9 Å². The summed E-state index contributed by atoms with van der Waals surface area (Å²) < 4.78 is 10.8. The maximum atomic E-state index is 12.7. The van der Waals surface area contributed by atoms with Crippen LogP contribution in [0.5, 0.6) is 11.5 Å². The lowest BCUT2D eigenvalue weighted by Crippen LogP contribution is -2.65. The van der Waals surface area contributed by atoms with Gasteiger partial charge in [-0.15, -0.1) is 0 Å². The zero-order valence-electron chi connectivity index (χ0n) is 18.5. The number of fused-ring (bicyclic) bond motifs is 2. The molecular weight excluding hydrogens is 424 g/mol. The van der Waals surface area contributed by atoms with Crippen LogP contribution in [0.4, 0.5) is 0 Å². The van der Waals surface area contributed by atoms with E-state index in [4.69, 9.17) is 21.7 Å². The molecule has 1 aromatic carbocycles. The number of thiocarbonyl (C=S) groups is 1. The van der Waals surface area contributed by atoms with Crippen molar-refractivity contribution in [2.45, 2.75) is 70.1 Å². The topological polar surface area (TPSA) is 83.7 Å². The van der Waals surface area contributed by atoms with Crippen LogP contribution in [-0.2, 0) is 11.3 Å². The SMILES string of the molecule is O=C(NCc1ccc2c(c1)OCO2)C1CCC(CNC2NC(=S)NC3CCCCC32)CC1. The van der Waals surface area contributed by atoms with Crippen LogP contribution in [0.25, 0.3) is 0 Å². The van der Waals surface area contributed by atoms with E-state index in [0.29, 0.717) is 24.4 Å². The third-order valence-corrected chi connectivity index (χ3v) is 7.83. The summed E-state index contributed by atoms with van der Waals surface area (Å²) in [6, 6.07) is 6.34. The normalized spacial score (nSPS) is 31.2. The van der Waals surface area contributed by atoms with E-state index >= 15 is 0 Å². The van der Waals surface area contributed by atoms with E-state index in [0.717, 1.165) is 54.4 Å². The average Bonchev–Trinajstić information content (AvgIpc) is 3.29. The number of nitrogens with one attached hydrogen (secondary N) is 4. The van der Waals surface area contributed by atoms with Crippen LogP contribution in [0.2, 0.25) is 0 Å². The minimum Gasteiger partial charge on any atom is -0.454 e. The Labute approximate surface area is 195 Å². The third-order valence-electron chi connectivity index (χ3n) is 7.60. The predicted octanol–water partition coefficient (Wildman–Crippen LogP) is 2.79. The lowest BCUT2D eigenvalue weighted by atomic mass is 9.80. The van der Waals surface area contributed by atoms with Gasteiger partial charge in [0.2, 0.25) is 12.7 Å². The molecule has 0 spiro atoms. The minimum absolute atomic E-state index is 0.118. The van der Waals surface area contributed by atoms with Crippen LogP contribution in [0.1, 0.15) is 56.9 Å². The molecule has 1 aromatic rings. The Morgan fingerprint density at radius 1 is 1.03 bits per heavy atom. The van der Waals surface area contributed by atoms with E-state index in [1.54, 1.807) is 0 Å². The largest absolute Gasteiger partial charge is 0.454 e. The number of ether oxygens (including phenoxy) is 2. The van der Waals surface area contributed by atoms with Gasteiger partial charge in [0.15, 0.2) is 16.6 Å². The standard InChI is InChI=1S/C24H34N4O3S/c29-23(26-13-16-7-10-20-21(11-16)31-14-30-20)17-8-5-15(6-9-17)12-25-22-18-3-1-2-4-19(18)27-24(32)28-22/h7,10-11,15,17-19,22,25H,1-6,8-9,12-14H2,(H,26,29)(H2,27,28,32). The summed E-state index contributed by atoms with van der Waals surface area (Å²) in [5, 5.41) is 14.6. The third kappa shape index (κ3) is 4.96. The maximum absolute atomic E-state index is 12.7. The second-order valence-corrected chi connectivity index (χ2v) is 10.1. The molecule has 7 nitrogen and oxygen atoms in total. The van der Waals surface area contributed by atoms with Crippen molar-refractivity contribution in [3.05, 3.63) is 23.8 Å². The van der Waals surface area contributed by atoms with Crippen molar-refractivity contribution in [1.82, 2.24) is 21.3 Å². The van der Waals surface area contributed by atoms with Crippen LogP contribution in [-0.4, -0.2) is 36.6 Å². The van der Waals surface area contributed by atoms with Crippen LogP contribution in [0, 0.1) is 17.8 Å². The molecule has 4 N–H and O–H groups in total. The van der Waals surface area contributed by atoms with Gasteiger partial charge in [0.25, 0.3) is 0 Å².